The van der Waals surface area contributed by atoms with Crippen LogP contribution in [0.3, 0.4) is 0 Å². The predicted molar refractivity (Wildman–Crippen MR) is 126 cm³/mol. The fraction of sp³-hybridized carbons (Fsp3) is 0.423. The topological polar surface area (TPSA) is 84.3 Å². The van der Waals surface area contributed by atoms with Crippen LogP contribution in [-0.2, 0) is 4.79 Å². The summed E-state index contributed by atoms with van der Waals surface area (Å²) >= 11 is 0. The third kappa shape index (κ3) is 4.54. The van der Waals surface area contributed by atoms with Crippen molar-refractivity contribution in [3.63, 3.8) is 0 Å². The average molecular weight is 434 g/mol. The van der Waals surface area contributed by atoms with Crippen molar-refractivity contribution < 1.29 is 14.6 Å². The van der Waals surface area contributed by atoms with Crippen LogP contribution < -0.4 is 10.1 Å². The molecule has 0 unspecified atom stereocenters. The summed E-state index contributed by atoms with van der Waals surface area (Å²) in [5, 5.41) is 13.9. The van der Waals surface area contributed by atoms with Crippen molar-refractivity contribution in [2.75, 3.05) is 12.4 Å². The smallest absolute Gasteiger partial charge is 0.306 e. The van der Waals surface area contributed by atoms with Crippen molar-refractivity contribution in [1.29, 1.82) is 0 Å². The standard InChI is InChI=1S/C26H31N3O3/c1-15-6-5-7-20(12-15)16(2)27-25-22-13-21(18-8-10-19(11-9-18)26(30)31)24(32-4)14-23(22)28-17(3)29-25/h5-7,12-14,16,18-19H,8-11H2,1-4H3,(H,30,31)(H,27,28,29)/t16-,18-,19-/m1/s1. The summed E-state index contributed by atoms with van der Waals surface area (Å²) in [4.78, 5) is 20.7. The molecule has 0 spiro atoms. The number of carbonyl (C=O) groups is 1. The monoisotopic (exact) mass is 433 g/mol. The molecule has 1 fully saturated rings. The number of rotatable bonds is 6. The maximum Gasteiger partial charge on any atom is 0.306 e. The first-order chi connectivity index (χ1) is 15.4. The lowest BCUT2D eigenvalue weighted by molar-refractivity contribution is -0.142. The number of anilines is 1. The van der Waals surface area contributed by atoms with Crippen molar-refractivity contribution in [2.24, 2.45) is 5.92 Å². The lowest BCUT2D eigenvalue weighted by atomic mass is 9.78. The Hall–Kier alpha value is -3.15. The summed E-state index contributed by atoms with van der Waals surface area (Å²) in [6, 6.07) is 12.7. The van der Waals surface area contributed by atoms with E-state index in [1.54, 1.807) is 7.11 Å². The lowest BCUT2D eigenvalue weighted by Gasteiger charge is -2.28. The van der Waals surface area contributed by atoms with Gasteiger partial charge in [-0.05, 0) is 69.6 Å². The second-order valence-corrected chi connectivity index (χ2v) is 8.90. The minimum Gasteiger partial charge on any atom is -0.496 e. The van der Waals surface area contributed by atoms with Crippen LogP contribution in [0.25, 0.3) is 10.9 Å². The highest BCUT2D eigenvalue weighted by atomic mass is 16.5. The van der Waals surface area contributed by atoms with Crippen LogP contribution in [-0.4, -0.2) is 28.2 Å². The van der Waals surface area contributed by atoms with E-state index in [9.17, 15) is 9.90 Å². The zero-order chi connectivity index (χ0) is 22.8. The Bertz CT molecular complexity index is 1140. The van der Waals surface area contributed by atoms with Gasteiger partial charge in [0.25, 0.3) is 0 Å². The molecule has 2 N–H and O–H groups in total. The Labute approximate surface area is 189 Å². The number of methoxy groups -OCH3 is 1. The van der Waals surface area contributed by atoms with Gasteiger partial charge in [0.05, 0.1) is 18.5 Å². The van der Waals surface area contributed by atoms with Crippen LogP contribution in [0.1, 0.15) is 67.1 Å². The molecule has 1 saturated carbocycles. The third-order valence-electron chi connectivity index (χ3n) is 6.57. The Balaban J connectivity index is 1.70. The number of aliphatic carboxylic acids is 1. The van der Waals surface area contributed by atoms with Crippen molar-refractivity contribution >= 4 is 22.7 Å². The van der Waals surface area contributed by atoms with E-state index in [2.05, 4.69) is 54.5 Å². The molecular formula is C26H31N3O3. The van der Waals surface area contributed by atoms with Gasteiger partial charge < -0.3 is 15.2 Å². The van der Waals surface area contributed by atoms with Crippen LogP contribution in [0, 0.1) is 19.8 Å². The van der Waals surface area contributed by atoms with Crippen LogP contribution in [0.2, 0.25) is 0 Å². The predicted octanol–water partition coefficient (Wildman–Crippen LogP) is 5.79. The van der Waals surface area contributed by atoms with Crippen molar-refractivity contribution in [2.45, 2.75) is 58.4 Å². The molecule has 1 aliphatic carbocycles. The molecule has 3 aromatic rings. The fourth-order valence-corrected chi connectivity index (χ4v) is 4.77. The molecule has 1 aliphatic rings. The van der Waals surface area contributed by atoms with E-state index in [-0.39, 0.29) is 17.9 Å². The highest BCUT2D eigenvalue weighted by Crippen LogP contribution is 2.42. The number of fused-ring (bicyclic) bond motifs is 1. The number of aryl methyl sites for hydroxylation is 2. The summed E-state index contributed by atoms with van der Waals surface area (Å²) < 4.78 is 5.73. The third-order valence-corrected chi connectivity index (χ3v) is 6.57. The summed E-state index contributed by atoms with van der Waals surface area (Å²) in [5.74, 6) is 1.67. The van der Waals surface area contributed by atoms with E-state index >= 15 is 0 Å². The van der Waals surface area contributed by atoms with Crippen LogP contribution >= 0.6 is 0 Å². The molecular weight excluding hydrogens is 402 g/mol. The number of nitrogens with zero attached hydrogens (tertiary/aromatic N) is 2. The molecule has 0 radical (unpaired) electrons. The van der Waals surface area contributed by atoms with Crippen LogP contribution in [0.15, 0.2) is 36.4 Å². The number of carboxylic acid groups (broad SMARTS) is 1. The van der Waals surface area contributed by atoms with Gasteiger partial charge in [0.1, 0.15) is 17.4 Å². The number of nitrogens with one attached hydrogen (secondary N) is 1. The average Bonchev–Trinajstić information content (AvgIpc) is 2.78. The van der Waals surface area contributed by atoms with Crippen molar-refractivity contribution in [3.8, 4) is 5.75 Å². The van der Waals surface area contributed by atoms with Crippen LogP contribution in [0.4, 0.5) is 5.82 Å². The van der Waals surface area contributed by atoms with E-state index in [1.165, 1.54) is 11.1 Å². The molecule has 2 aromatic carbocycles. The minimum absolute atomic E-state index is 0.0870. The first-order valence-electron chi connectivity index (χ1n) is 11.3. The SMILES string of the molecule is COc1cc2nc(C)nc(N[C@H](C)c3cccc(C)c3)c2cc1[C@H]1CC[C@H](C(=O)O)CC1. The largest absolute Gasteiger partial charge is 0.496 e. The van der Waals surface area contributed by atoms with Gasteiger partial charge in [0.2, 0.25) is 0 Å². The maximum absolute atomic E-state index is 11.4. The Morgan fingerprint density at radius 3 is 2.53 bits per heavy atom. The Morgan fingerprint density at radius 1 is 1.12 bits per heavy atom. The van der Waals surface area contributed by atoms with E-state index in [4.69, 9.17) is 9.72 Å². The number of ether oxygens (including phenoxy) is 1. The minimum atomic E-state index is -0.686. The molecule has 32 heavy (non-hydrogen) atoms. The summed E-state index contributed by atoms with van der Waals surface area (Å²) in [6.45, 7) is 6.13. The number of hydrogen-bond acceptors (Lipinski definition) is 5. The Morgan fingerprint density at radius 2 is 1.88 bits per heavy atom. The molecule has 0 bridgehead atoms. The first-order valence-corrected chi connectivity index (χ1v) is 11.3. The highest BCUT2D eigenvalue weighted by Gasteiger charge is 2.29. The number of carboxylic acids is 1. The van der Waals surface area contributed by atoms with Crippen molar-refractivity contribution in [1.82, 2.24) is 9.97 Å². The molecule has 0 saturated heterocycles. The zero-order valence-electron chi connectivity index (χ0n) is 19.2. The number of hydrogen-bond donors (Lipinski definition) is 2. The molecule has 1 heterocycles. The molecule has 4 rings (SSSR count). The van der Waals surface area contributed by atoms with Gasteiger partial charge in [-0.15, -0.1) is 0 Å². The van der Waals surface area contributed by atoms with Gasteiger partial charge in [0, 0.05) is 17.5 Å². The molecule has 168 valence electrons. The van der Waals surface area contributed by atoms with Gasteiger partial charge in [0.15, 0.2) is 0 Å². The van der Waals surface area contributed by atoms with E-state index in [0.29, 0.717) is 18.7 Å². The van der Waals surface area contributed by atoms with E-state index in [1.807, 2.05) is 13.0 Å². The van der Waals surface area contributed by atoms with E-state index in [0.717, 1.165) is 40.9 Å². The van der Waals surface area contributed by atoms with E-state index < -0.39 is 5.97 Å². The molecule has 1 atom stereocenters. The van der Waals surface area contributed by atoms with Gasteiger partial charge in [-0.1, -0.05) is 29.8 Å². The molecule has 6 heteroatoms. The van der Waals surface area contributed by atoms with Gasteiger partial charge in [-0.25, -0.2) is 9.97 Å². The lowest BCUT2D eigenvalue weighted by Crippen LogP contribution is -2.20. The summed E-state index contributed by atoms with van der Waals surface area (Å²) in [7, 11) is 1.68. The fourth-order valence-electron chi connectivity index (χ4n) is 4.77. The van der Waals surface area contributed by atoms with Gasteiger partial charge >= 0.3 is 5.97 Å². The summed E-state index contributed by atoms with van der Waals surface area (Å²) in [6.07, 6.45) is 3.07. The summed E-state index contributed by atoms with van der Waals surface area (Å²) in [5.41, 5.74) is 4.39. The maximum atomic E-state index is 11.4. The molecule has 0 aliphatic heterocycles. The second kappa shape index (κ2) is 9.15. The van der Waals surface area contributed by atoms with Gasteiger partial charge in [-0.2, -0.15) is 0 Å². The highest BCUT2D eigenvalue weighted by molar-refractivity contribution is 5.91. The van der Waals surface area contributed by atoms with Crippen LogP contribution in [0.5, 0.6) is 5.75 Å². The zero-order valence-corrected chi connectivity index (χ0v) is 19.2. The normalized spacial score (nSPS) is 19.5. The molecule has 1 aromatic heterocycles. The second-order valence-electron chi connectivity index (χ2n) is 8.90. The van der Waals surface area contributed by atoms with Crippen molar-refractivity contribution in [3.05, 3.63) is 58.9 Å². The molecule has 0 amide bonds. The first kappa shape index (κ1) is 22.1. The number of benzene rings is 2. The molecule has 6 nitrogen and oxygen atoms in total. The quantitative estimate of drug-likeness (QED) is 0.512. The number of aromatic nitrogens is 2. The Kier molecular flexibility index (Phi) is 6.31. The van der Waals surface area contributed by atoms with Gasteiger partial charge in [-0.3, -0.25) is 4.79 Å².